The van der Waals surface area contributed by atoms with E-state index >= 15 is 0 Å². The fourth-order valence-corrected chi connectivity index (χ4v) is 2.38. The van der Waals surface area contributed by atoms with Crippen LogP contribution in [-0.2, 0) is 6.54 Å². The Kier molecular flexibility index (Phi) is 3.31. The minimum absolute atomic E-state index is 0.706. The third-order valence-corrected chi connectivity index (χ3v) is 3.19. The van der Waals surface area contributed by atoms with Crippen molar-refractivity contribution in [1.82, 2.24) is 5.32 Å². The average molecular weight is 239 g/mol. The van der Waals surface area contributed by atoms with E-state index in [9.17, 15) is 8.78 Å². The van der Waals surface area contributed by atoms with Crippen molar-refractivity contribution in [2.45, 2.75) is 6.54 Å². The van der Waals surface area contributed by atoms with E-state index in [1.165, 1.54) is 10.9 Å². The maximum atomic E-state index is 13.0. The predicted molar refractivity (Wildman–Crippen MR) is 62.4 cm³/mol. The first-order valence-electron chi connectivity index (χ1n) is 4.88. The van der Waals surface area contributed by atoms with Gasteiger partial charge in [-0.2, -0.15) is 0 Å². The Morgan fingerprint density at radius 1 is 1.12 bits per heavy atom. The second kappa shape index (κ2) is 4.72. The van der Waals surface area contributed by atoms with E-state index in [2.05, 4.69) is 5.32 Å². The summed E-state index contributed by atoms with van der Waals surface area (Å²) in [6, 6.07) is 5.94. The van der Waals surface area contributed by atoms with Crippen molar-refractivity contribution in [1.29, 1.82) is 0 Å². The molecule has 0 amide bonds. The quantitative estimate of drug-likeness (QED) is 0.865. The molecule has 0 saturated carbocycles. The lowest BCUT2D eigenvalue weighted by molar-refractivity contribution is 0.509. The van der Waals surface area contributed by atoms with Crippen molar-refractivity contribution in [3.8, 4) is 11.1 Å². The summed E-state index contributed by atoms with van der Waals surface area (Å²) in [6.07, 6.45) is 0. The summed E-state index contributed by atoms with van der Waals surface area (Å²) in [5, 5.41) is 4.99. The van der Waals surface area contributed by atoms with Crippen LogP contribution in [0.15, 0.2) is 29.6 Å². The van der Waals surface area contributed by atoms with Gasteiger partial charge in [0.05, 0.1) is 0 Å². The van der Waals surface area contributed by atoms with E-state index in [0.717, 1.165) is 18.2 Å². The minimum atomic E-state index is -0.811. The molecule has 0 aliphatic rings. The lowest BCUT2D eigenvalue weighted by atomic mass is 10.1. The molecule has 0 atom stereocenters. The molecule has 1 aromatic heterocycles. The third kappa shape index (κ3) is 2.28. The van der Waals surface area contributed by atoms with Crippen LogP contribution in [0, 0.1) is 11.6 Å². The van der Waals surface area contributed by atoms with Crippen LogP contribution in [0.25, 0.3) is 11.1 Å². The molecule has 16 heavy (non-hydrogen) atoms. The lowest BCUT2D eigenvalue weighted by Gasteiger charge is -1.98. The van der Waals surface area contributed by atoms with Gasteiger partial charge in [-0.1, -0.05) is 6.07 Å². The van der Waals surface area contributed by atoms with Crippen molar-refractivity contribution < 1.29 is 8.78 Å². The summed E-state index contributed by atoms with van der Waals surface area (Å²) in [5.41, 5.74) is 1.63. The van der Waals surface area contributed by atoms with E-state index in [-0.39, 0.29) is 0 Å². The largest absolute Gasteiger partial charge is 0.315 e. The lowest BCUT2D eigenvalue weighted by Crippen LogP contribution is -2.02. The van der Waals surface area contributed by atoms with Crippen LogP contribution in [0.4, 0.5) is 8.78 Å². The van der Waals surface area contributed by atoms with E-state index in [0.29, 0.717) is 5.56 Å². The number of nitrogens with one attached hydrogen (secondary N) is 1. The minimum Gasteiger partial charge on any atom is -0.315 e. The second-order valence-electron chi connectivity index (χ2n) is 3.46. The molecule has 84 valence electrons. The Balaban J connectivity index is 2.31. The average Bonchev–Trinajstić information content (AvgIpc) is 2.71. The van der Waals surface area contributed by atoms with E-state index in [1.54, 1.807) is 17.4 Å². The molecule has 0 aliphatic heterocycles. The third-order valence-electron chi connectivity index (χ3n) is 2.26. The fraction of sp³-hybridized carbons (Fsp3) is 0.167. The zero-order chi connectivity index (χ0) is 11.5. The first-order chi connectivity index (χ1) is 7.70. The van der Waals surface area contributed by atoms with Gasteiger partial charge in [-0.15, -0.1) is 11.3 Å². The van der Waals surface area contributed by atoms with Gasteiger partial charge in [0.15, 0.2) is 11.6 Å². The maximum absolute atomic E-state index is 13.0. The number of hydrogen-bond donors (Lipinski definition) is 1. The molecule has 2 aromatic rings. The molecule has 4 heteroatoms. The van der Waals surface area contributed by atoms with Crippen molar-refractivity contribution in [3.05, 3.63) is 46.2 Å². The van der Waals surface area contributed by atoms with Crippen LogP contribution in [0.2, 0.25) is 0 Å². The predicted octanol–water partition coefficient (Wildman–Crippen LogP) is 3.41. The Labute approximate surface area is 96.7 Å². The molecule has 0 unspecified atom stereocenters. The van der Waals surface area contributed by atoms with Crippen molar-refractivity contribution in [2.75, 3.05) is 7.05 Å². The van der Waals surface area contributed by atoms with Gasteiger partial charge in [0.25, 0.3) is 0 Å². The number of hydrogen-bond acceptors (Lipinski definition) is 2. The normalized spacial score (nSPS) is 10.7. The molecule has 0 spiro atoms. The Morgan fingerprint density at radius 2 is 1.94 bits per heavy atom. The Hall–Kier alpha value is -1.26. The van der Waals surface area contributed by atoms with Crippen LogP contribution in [0.5, 0.6) is 0 Å². The number of thiophene rings is 1. The monoisotopic (exact) mass is 239 g/mol. The smallest absolute Gasteiger partial charge is 0.159 e. The van der Waals surface area contributed by atoms with E-state index in [1.807, 2.05) is 18.5 Å². The maximum Gasteiger partial charge on any atom is 0.159 e. The molecule has 0 fully saturated rings. The van der Waals surface area contributed by atoms with Gasteiger partial charge < -0.3 is 5.32 Å². The number of halogens is 2. The molecule has 1 heterocycles. The molecule has 0 radical (unpaired) electrons. The van der Waals surface area contributed by atoms with E-state index < -0.39 is 11.6 Å². The first-order valence-corrected chi connectivity index (χ1v) is 5.76. The zero-order valence-corrected chi connectivity index (χ0v) is 9.57. The van der Waals surface area contributed by atoms with E-state index in [4.69, 9.17) is 0 Å². The van der Waals surface area contributed by atoms with Crippen LogP contribution in [0.1, 0.15) is 4.88 Å². The second-order valence-corrected chi connectivity index (χ2v) is 4.46. The van der Waals surface area contributed by atoms with Crippen molar-refractivity contribution in [2.24, 2.45) is 0 Å². The van der Waals surface area contributed by atoms with Crippen molar-refractivity contribution >= 4 is 11.3 Å². The van der Waals surface area contributed by atoms with Crippen molar-refractivity contribution in [3.63, 3.8) is 0 Å². The summed E-state index contributed by atoms with van der Waals surface area (Å²) in [5.74, 6) is -1.62. The first kappa shape index (κ1) is 11.2. The highest BCUT2D eigenvalue weighted by Crippen LogP contribution is 2.26. The Bertz CT molecular complexity index is 494. The fourth-order valence-electron chi connectivity index (χ4n) is 1.47. The van der Waals surface area contributed by atoms with Crippen LogP contribution in [0.3, 0.4) is 0 Å². The van der Waals surface area contributed by atoms with Gasteiger partial charge in [0.2, 0.25) is 0 Å². The molecule has 0 saturated heterocycles. The highest BCUT2D eigenvalue weighted by atomic mass is 32.1. The van der Waals surface area contributed by atoms with Gasteiger partial charge in [0.1, 0.15) is 0 Å². The van der Waals surface area contributed by atoms with Gasteiger partial charge >= 0.3 is 0 Å². The van der Waals surface area contributed by atoms with Gasteiger partial charge in [-0.05, 0) is 41.8 Å². The van der Waals surface area contributed by atoms with Crippen LogP contribution in [-0.4, -0.2) is 7.05 Å². The standard InChI is InChI=1S/C12H11F2NS/c1-15-6-10-4-9(7-16-10)8-2-3-11(13)12(14)5-8/h2-5,7,15H,6H2,1H3. The van der Waals surface area contributed by atoms with Gasteiger partial charge in [-0.3, -0.25) is 0 Å². The Morgan fingerprint density at radius 3 is 2.62 bits per heavy atom. The SMILES string of the molecule is CNCc1cc(-c2ccc(F)c(F)c2)cs1. The van der Waals surface area contributed by atoms with Crippen LogP contribution < -0.4 is 5.32 Å². The molecule has 1 nitrogen and oxygen atoms in total. The summed E-state index contributed by atoms with van der Waals surface area (Å²) in [6.45, 7) is 0.786. The molecular formula is C12H11F2NS. The molecule has 1 aromatic carbocycles. The topological polar surface area (TPSA) is 12.0 Å². The van der Waals surface area contributed by atoms with Gasteiger partial charge in [0, 0.05) is 11.4 Å². The zero-order valence-electron chi connectivity index (χ0n) is 8.76. The molecule has 0 bridgehead atoms. The molecule has 1 N–H and O–H groups in total. The summed E-state index contributed by atoms with van der Waals surface area (Å²) in [7, 11) is 1.87. The highest BCUT2D eigenvalue weighted by Gasteiger charge is 2.06. The number of rotatable bonds is 3. The molecule has 0 aliphatic carbocycles. The summed E-state index contributed by atoms with van der Waals surface area (Å²) >= 11 is 1.60. The van der Waals surface area contributed by atoms with Crippen LogP contribution >= 0.6 is 11.3 Å². The summed E-state index contributed by atoms with van der Waals surface area (Å²) < 4.78 is 25.8. The number of benzene rings is 1. The highest BCUT2D eigenvalue weighted by molar-refractivity contribution is 7.10. The molecule has 2 rings (SSSR count). The summed E-state index contributed by atoms with van der Waals surface area (Å²) in [4.78, 5) is 1.17. The van der Waals surface area contributed by atoms with Gasteiger partial charge in [-0.25, -0.2) is 8.78 Å². The molecular weight excluding hydrogens is 228 g/mol.